The number of hydrogen-bond donors (Lipinski definition) is 0. The lowest BCUT2D eigenvalue weighted by atomic mass is 9.94. The third kappa shape index (κ3) is 8.12. The highest BCUT2D eigenvalue weighted by atomic mass is 19.1. The molecule has 12 nitrogen and oxygen atoms in total. The lowest BCUT2D eigenvalue weighted by Crippen LogP contribution is -2.46. The molecule has 1 aliphatic rings. The second-order valence-corrected chi connectivity index (χ2v) is 12.7. The van der Waals surface area contributed by atoms with Crippen LogP contribution >= 0.6 is 0 Å². The Hall–Kier alpha value is -5.08. The van der Waals surface area contributed by atoms with Crippen LogP contribution in [0.25, 0.3) is 5.69 Å². The summed E-state index contributed by atoms with van der Waals surface area (Å²) in [6.07, 6.45) is 5.31. The second kappa shape index (κ2) is 15.9. The van der Waals surface area contributed by atoms with Crippen LogP contribution in [0, 0.1) is 11.6 Å². The van der Waals surface area contributed by atoms with E-state index in [9.17, 15) is 13.6 Å². The topological polar surface area (TPSA) is 105 Å². The molecule has 14 heteroatoms. The molecule has 270 valence electrons. The summed E-state index contributed by atoms with van der Waals surface area (Å²) >= 11 is 0. The summed E-state index contributed by atoms with van der Waals surface area (Å²) < 4.78 is 51.2. The minimum atomic E-state index is -1.28. The molecule has 5 aromatic rings. The van der Waals surface area contributed by atoms with E-state index in [0.29, 0.717) is 5.75 Å². The van der Waals surface area contributed by atoms with Crippen molar-refractivity contribution in [2.45, 2.75) is 58.1 Å². The third-order valence-corrected chi connectivity index (χ3v) is 9.43. The fourth-order valence-corrected chi connectivity index (χ4v) is 6.51. The quantitative estimate of drug-likeness (QED) is 0.130. The molecule has 1 aliphatic heterocycles. The Morgan fingerprint density at radius 1 is 0.843 bits per heavy atom. The van der Waals surface area contributed by atoms with Crippen LogP contribution in [0.3, 0.4) is 0 Å². The lowest BCUT2D eigenvalue weighted by Gasteiger charge is -2.37. The monoisotopic (exact) mass is 702 g/mol. The van der Waals surface area contributed by atoms with Crippen molar-refractivity contribution in [1.29, 1.82) is 0 Å². The number of rotatable bonds is 15. The summed E-state index contributed by atoms with van der Waals surface area (Å²) in [5.74, 6) is -0.796. The number of ether oxygens (including phenoxy) is 3. The minimum Gasteiger partial charge on any atom is -0.488 e. The van der Waals surface area contributed by atoms with Gasteiger partial charge in [-0.25, -0.2) is 32.5 Å². The predicted octanol–water partition coefficient (Wildman–Crippen LogP) is 5.57. The van der Waals surface area contributed by atoms with E-state index in [-0.39, 0.29) is 30.4 Å². The van der Waals surface area contributed by atoms with E-state index in [1.54, 1.807) is 22.5 Å². The van der Waals surface area contributed by atoms with Gasteiger partial charge in [-0.05, 0) is 74.4 Å². The number of benzene rings is 3. The highest BCUT2D eigenvalue weighted by molar-refractivity contribution is 5.54. The molecule has 0 aliphatic carbocycles. The van der Waals surface area contributed by atoms with Gasteiger partial charge in [-0.2, -0.15) is 10.2 Å². The Morgan fingerprint density at radius 3 is 2.04 bits per heavy atom. The smallest absolute Gasteiger partial charge is 0.350 e. The summed E-state index contributed by atoms with van der Waals surface area (Å²) in [7, 11) is 1.48. The van der Waals surface area contributed by atoms with Crippen LogP contribution in [-0.4, -0.2) is 75.3 Å². The van der Waals surface area contributed by atoms with Crippen molar-refractivity contribution < 1.29 is 23.0 Å². The Labute approximate surface area is 295 Å². The number of nitrogens with zero attached hydrogens (tertiary/aromatic N) is 8. The maximum atomic E-state index is 14.9. The average Bonchev–Trinajstić information content (AvgIpc) is 3.80. The van der Waals surface area contributed by atoms with Crippen molar-refractivity contribution >= 4 is 11.4 Å². The molecule has 0 radical (unpaired) electrons. The highest BCUT2D eigenvalue weighted by Gasteiger charge is 2.35. The number of aromatic nitrogens is 6. The summed E-state index contributed by atoms with van der Waals surface area (Å²) in [6.45, 7) is 9.33. The Balaban J connectivity index is 1.03. The Bertz CT molecular complexity index is 1900. The molecule has 1 fully saturated rings. The predicted molar refractivity (Wildman–Crippen MR) is 189 cm³/mol. The van der Waals surface area contributed by atoms with Crippen LogP contribution in [0.15, 0.2) is 90.5 Å². The van der Waals surface area contributed by atoms with Crippen molar-refractivity contribution in [1.82, 2.24) is 29.1 Å². The van der Waals surface area contributed by atoms with Crippen molar-refractivity contribution in [2.75, 3.05) is 49.7 Å². The number of hydrogen-bond acceptors (Lipinski definition) is 9. The summed E-state index contributed by atoms with van der Waals surface area (Å²) in [4.78, 5) is 21.6. The first-order valence-corrected chi connectivity index (χ1v) is 17.2. The molecule has 2 atom stereocenters. The van der Waals surface area contributed by atoms with Crippen LogP contribution in [0.2, 0.25) is 0 Å². The van der Waals surface area contributed by atoms with Crippen molar-refractivity contribution in [3.63, 3.8) is 0 Å². The van der Waals surface area contributed by atoms with Crippen LogP contribution in [0.1, 0.15) is 45.2 Å². The van der Waals surface area contributed by atoms with E-state index in [4.69, 9.17) is 14.2 Å². The number of halogens is 2. The van der Waals surface area contributed by atoms with E-state index in [2.05, 4.69) is 51.0 Å². The molecule has 0 saturated carbocycles. The van der Waals surface area contributed by atoms with Crippen LogP contribution < -0.4 is 20.2 Å². The zero-order valence-electron chi connectivity index (χ0n) is 29.4. The van der Waals surface area contributed by atoms with Gasteiger partial charge in [0, 0.05) is 56.3 Å². The summed E-state index contributed by atoms with van der Waals surface area (Å²) in [6, 6.07) is 19.4. The molecule has 2 aromatic heterocycles. The van der Waals surface area contributed by atoms with Crippen molar-refractivity contribution in [3.05, 3.63) is 113 Å². The average molecular weight is 703 g/mol. The fraction of sp³-hybridized carbons (Fsp3) is 0.405. The zero-order chi connectivity index (χ0) is 36.0. The first-order valence-electron chi connectivity index (χ1n) is 17.2. The van der Waals surface area contributed by atoms with Gasteiger partial charge in [0.25, 0.3) is 0 Å². The van der Waals surface area contributed by atoms with Crippen molar-refractivity contribution in [2.24, 2.45) is 0 Å². The van der Waals surface area contributed by atoms with Gasteiger partial charge in [-0.3, -0.25) is 0 Å². The lowest BCUT2D eigenvalue weighted by molar-refractivity contribution is -0.215. The molecule has 3 heterocycles. The van der Waals surface area contributed by atoms with Crippen LogP contribution in [0.5, 0.6) is 5.75 Å². The van der Waals surface area contributed by atoms with E-state index in [1.165, 1.54) is 36.6 Å². The fourth-order valence-electron chi connectivity index (χ4n) is 6.51. The molecule has 6 rings (SSSR count). The molecule has 0 amide bonds. The van der Waals surface area contributed by atoms with Gasteiger partial charge in [-0.15, -0.1) is 0 Å². The maximum absolute atomic E-state index is 14.9. The normalized spacial score (nSPS) is 15.3. The molecule has 1 saturated heterocycles. The molecule has 3 aromatic carbocycles. The van der Waals surface area contributed by atoms with E-state index < -0.39 is 23.5 Å². The maximum Gasteiger partial charge on any atom is 0.350 e. The van der Waals surface area contributed by atoms with Crippen LogP contribution in [0.4, 0.5) is 20.2 Å². The minimum absolute atomic E-state index is 0.0258. The van der Waals surface area contributed by atoms with Gasteiger partial charge in [0.2, 0.25) is 0 Å². The van der Waals surface area contributed by atoms with Gasteiger partial charge >= 0.3 is 5.69 Å². The second-order valence-electron chi connectivity index (χ2n) is 12.7. The van der Waals surface area contributed by atoms with Gasteiger partial charge in [0.15, 0.2) is 6.29 Å². The first kappa shape index (κ1) is 35.7. The van der Waals surface area contributed by atoms with Gasteiger partial charge in [0.1, 0.15) is 48.6 Å². The van der Waals surface area contributed by atoms with Crippen LogP contribution in [-0.2, 0) is 21.6 Å². The van der Waals surface area contributed by atoms with Gasteiger partial charge in [-0.1, -0.05) is 19.9 Å². The van der Waals surface area contributed by atoms with E-state index in [1.807, 2.05) is 36.4 Å². The number of anilines is 2. The zero-order valence-corrected chi connectivity index (χ0v) is 29.4. The first-order chi connectivity index (χ1) is 24.7. The van der Waals surface area contributed by atoms with E-state index in [0.717, 1.165) is 62.1 Å². The largest absolute Gasteiger partial charge is 0.488 e. The molecule has 0 N–H and O–H groups in total. The van der Waals surface area contributed by atoms with E-state index >= 15 is 0 Å². The number of piperazine rings is 1. The summed E-state index contributed by atoms with van der Waals surface area (Å²) in [5, 5.41) is 8.49. The molecule has 0 spiro atoms. The molecular formula is C37H44F2N8O4. The molecule has 0 bridgehead atoms. The van der Waals surface area contributed by atoms with Gasteiger partial charge in [0.05, 0.1) is 18.3 Å². The Kier molecular flexibility index (Phi) is 11.1. The van der Waals surface area contributed by atoms with Gasteiger partial charge < -0.3 is 24.0 Å². The highest BCUT2D eigenvalue weighted by Crippen LogP contribution is 2.32. The standard InChI is InChI=1S/C37H44F2N8O4/c1-5-28(6-2)47-36(48)46(26-42-47)31-10-8-29(9-11-31)43-17-19-44(20-18-43)30-12-14-32(15-13-30)50-22-35(49-4)51-37(3,23-45-25-40-24-41-45)33-16-7-27(38)21-34(33)39/h7-16,21,24-26,28,35H,5-6,17-20,22-23H2,1-4H3/t35-,37?/m1/s1. The molecule has 1 unspecified atom stereocenters. The summed E-state index contributed by atoms with van der Waals surface area (Å²) in [5.41, 5.74) is 1.75. The molecule has 51 heavy (non-hydrogen) atoms. The Morgan fingerprint density at radius 2 is 1.47 bits per heavy atom. The molecular weight excluding hydrogens is 658 g/mol. The van der Waals surface area contributed by atoms with Crippen molar-refractivity contribution in [3.8, 4) is 11.4 Å². The number of methoxy groups -OCH3 is 1. The third-order valence-electron chi connectivity index (χ3n) is 9.43. The SMILES string of the molecule is CCC(CC)n1ncn(-c2ccc(N3CCN(c4ccc(OC[C@H](OC)OC(C)(Cn5cncn5)c5ccc(F)cc5F)cc4)CC3)cc2)c1=O.